The molecule has 1 aromatic carbocycles. The first-order valence-corrected chi connectivity index (χ1v) is 8.75. The molecule has 0 aromatic heterocycles. The first kappa shape index (κ1) is 15.6. The highest BCUT2D eigenvalue weighted by Crippen LogP contribution is 2.56. The Bertz CT molecular complexity index is 720. The average Bonchev–Trinajstić information content (AvgIpc) is 3.22. The summed E-state index contributed by atoms with van der Waals surface area (Å²) < 4.78 is 0. The summed E-state index contributed by atoms with van der Waals surface area (Å²) in [5.74, 6) is -0.381. The van der Waals surface area contributed by atoms with E-state index < -0.39 is 0 Å². The molecule has 3 aliphatic rings. The molecule has 1 aromatic rings. The summed E-state index contributed by atoms with van der Waals surface area (Å²) in [5.41, 5.74) is 1.37. The van der Waals surface area contributed by atoms with E-state index in [0.29, 0.717) is 22.5 Å². The number of carbonyl (C=O) groups is 3. The van der Waals surface area contributed by atoms with Gasteiger partial charge in [0.15, 0.2) is 0 Å². The van der Waals surface area contributed by atoms with Gasteiger partial charge in [-0.3, -0.25) is 19.3 Å². The number of fused-ring (bicyclic) bond motifs is 5. The smallest absolute Gasteiger partial charge is 0.244 e. The number of hydrogen-bond donors (Lipinski definition) is 1. The predicted octanol–water partition coefficient (Wildman–Crippen LogP) is 2.62. The van der Waals surface area contributed by atoms with E-state index in [4.69, 9.17) is 11.6 Å². The van der Waals surface area contributed by atoms with Gasteiger partial charge in [0, 0.05) is 10.7 Å². The van der Waals surface area contributed by atoms with Gasteiger partial charge in [-0.05, 0) is 55.7 Å². The zero-order chi connectivity index (χ0) is 17.0. The molecule has 2 saturated carbocycles. The maximum absolute atomic E-state index is 12.6. The van der Waals surface area contributed by atoms with Gasteiger partial charge in [-0.2, -0.15) is 0 Å². The van der Waals surface area contributed by atoms with Gasteiger partial charge in [0.25, 0.3) is 0 Å². The number of hydrogen-bond acceptors (Lipinski definition) is 3. The molecular weight excluding hydrogens is 328 g/mol. The van der Waals surface area contributed by atoms with E-state index in [1.165, 1.54) is 0 Å². The third-order valence-electron chi connectivity index (χ3n) is 5.86. The Morgan fingerprint density at radius 1 is 1.21 bits per heavy atom. The van der Waals surface area contributed by atoms with Crippen LogP contribution in [0.4, 0.5) is 5.69 Å². The molecule has 4 atom stereocenters. The van der Waals surface area contributed by atoms with Gasteiger partial charge in [-0.15, -0.1) is 0 Å². The Labute approximate surface area is 145 Å². The highest BCUT2D eigenvalue weighted by Gasteiger charge is 2.60. The Balaban J connectivity index is 1.47. The van der Waals surface area contributed by atoms with Crippen molar-refractivity contribution in [3.8, 4) is 0 Å². The molecule has 126 valence electrons. The van der Waals surface area contributed by atoms with Gasteiger partial charge in [0.05, 0.1) is 11.8 Å². The molecule has 3 fully saturated rings. The van der Waals surface area contributed by atoms with Crippen molar-refractivity contribution in [2.24, 2.45) is 23.7 Å². The zero-order valence-corrected chi connectivity index (χ0v) is 14.2. The van der Waals surface area contributed by atoms with Crippen LogP contribution in [0.25, 0.3) is 0 Å². The van der Waals surface area contributed by atoms with Crippen LogP contribution in [0.15, 0.2) is 18.2 Å². The molecule has 1 heterocycles. The fraction of sp³-hybridized carbons (Fsp3) is 0.500. The van der Waals surface area contributed by atoms with Gasteiger partial charge in [0.1, 0.15) is 6.54 Å². The van der Waals surface area contributed by atoms with Crippen molar-refractivity contribution in [2.75, 3.05) is 11.9 Å². The first-order valence-electron chi connectivity index (χ1n) is 8.37. The number of amides is 3. The topological polar surface area (TPSA) is 66.5 Å². The maximum atomic E-state index is 12.6. The van der Waals surface area contributed by atoms with Crippen LogP contribution >= 0.6 is 11.6 Å². The Morgan fingerprint density at radius 3 is 2.46 bits per heavy atom. The fourth-order valence-corrected chi connectivity index (χ4v) is 4.88. The maximum Gasteiger partial charge on any atom is 0.244 e. The molecule has 0 spiro atoms. The lowest BCUT2D eigenvalue weighted by Gasteiger charge is -2.19. The first-order chi connectivity index (χ1) is 11.5. The molecule has 1 aliphatic heterocycles. The third-order valence-corrected chi connectivity index (χ3v) is 6.27. The van der Waals surface area contributed by atoms with Gasteiger partial charge in [0.2, 0.25) is 17.7 Å². The second-order valence-corrected chi connectivity index (χ2v) is 7.52. The molecule has 0 unspecified atom stereocenters. The van der Waals surface area contributed by atoms with E-state index in [2.05, 4.69) is 5.32 Å². The Hall–Kier alpha value is -1.88. The van der Waals surface area contributed by atoms with Gasteiger partial charge in [-0.1, -0.05) is 17.7 Å². The Kier molecular flexibility index (Phi) is 3.64. The average molecular weight is 347 g/mol. The highest BCUT2D eigenvalue weighted by molar-refractivity contribution is 6.31. The van der Waals surface area contributed by atoms with E-state index >= 15 is 0 Å². The van der Waals surface area contributed by atoms with Crippen LogP contribution in [-0.4, -0.2) is 29.2 Å². The van der Waals surface area contributed by atoms with Crippen molar-refractivity contribution < 1.29 is 14.4 Å². The van der Waals surface area contributed by atoms with Crippen molar-refractivity contribution in [1.82, 2.24) is 4.90 Å². The summed E-state index contributed by atoms with van der Waals surface area (Å²) in [6.45, 7) is 1.60. The van der Waals surface area contributed by atoms with Gasteiger partial charge >= 0.3 is 0 Å². The number of benzene rings is 1. The van der Waals surface area contributed by atoms with Crippen LogP contribution in [-0.2, 0) is 14.4 Å². The number of likely N-dealkylation sites (tertiary alicyclic amines) is 1. The minimum absolute atomic E-state index is 0.157. The molecule has 2 bridgehead atoms. The van der Waals surface area contributed by atoms with Crippen LogP contribution in [0.5, 0.6) is 0 Å². The summed E-state index contributed by atoms with van der Waals surface area (Å²) in [5, 5.41) is 3.32. The van der Waals surface area contributed by atoms with Gasteiger partial charge in [-0.25, -0.2) is 0 Å². The molecule has 0 radical (unpaired) electrons. The zero-order valence-electron chi connectivity index (χ0n) is 13.4. The molecule has 4 rings (SSSR count). The molecule has 5 nitrogen and oxygen atoms in total. The normalized spacial score (nSPS) is 30.8. The number of imide groups is 1. The minimum atomic E-state index is -0.366. The molecule has 1 N–H and O–H groups in total. The second-order valence-electron chi connectivity index (χ2n) is 7.11. The monoisotopic (exact) mass is 346 g/mol. The number of nitrogens with zero attached hydrogens (tertiary/aromatic N) is 1. The van der Waals surface area contributed by atoms with Crippen molar-refractivity contribution in [3.63, 3.8) is 0 Å². The molecule has 24 heavy (non-hydrogen) atoms. The summed E-state index contributed by atoms with van der Waals surface area (Å²) in [7, 11) is 0. The Morgan fingerprint density at radius 2 is 1.83 bits per heavy atom. The predicted molar refractivity (Wildman–Crippen MR) is 89.3 cm³/mol. The summed E-state index contributed by atoms with van der Waals surface area (Å²) >= 11 is 6.05. The number of rotatable bonds is 3. The number of anilines is 1. The van der Waals surface area contributed by atoms with Crippen LogP contribution in [0.1, 0.15) is 24.8 Å². The molecule has 1 saturated heterocycles. The van der Waals surface area contributed by atoms with E-state index in [9.17, 15) is 14.4 Å². The standard InChI is InChI=1S/C18H19ClN2O3/c1-9-12(19)3-2-4-13(9)20-14(22)8-21-17(23)15-10-5-6-11(7-10)16(15)18(21)24/h2-4,10-11,15-16H,5-8H2,1H3,(H,20,22)/t10-,11+,15-,16+. The lowest BCUT2D eigenvalue weighted by molar-refractivity contribution is -0.143. The van der Waals surface area contributed by atoms with E-state index in [-0.39, 0.29) is 36.1 Å². The lowest BCUT2D eigenvalue weighted by atomic mass is 9.81. The number of halogens is 1. The molecular formula is C18H19ClN2O3. The largest absolute Gasteiger partial charge is 0.324 e. The van der Waals surface area contributed by atoms with E-state index in [0.717, 1.165) is 29.7 Å². The van der Waals surface area contributed by atoms with Crippen LogP contribution < -0.4 is 5.32 Å². The molecule has 6 heteroatoms. The second kappa shape index (κ2) is 5.59. The van der Waals surface area contributed by atoms with Crippen molar-refractivity contribution in [3.05, 3.63) is 28.8 Å². The molecule has 3 amide bonds. The highest BCUT2D eigenvalue weighted by atomic mass is 35.5. The van der Waals surface area contributed by atoms with Crippen LogP contribution in [0.2, 0.25) is 5.02 Å². The van der Waals surface area contributed by atoms with Crippen molar-refractivity contribution in [1.29, 1.82) is 0 Å². The number of carbonyl (C=O) groups excluding carboxylic acids is 3. The summed E-state index contributed by atoms with van der Waals surface area (Å²) in [6, 6.07) is 5.25. The minimum Gasteiger partial charge on any atom is -0.324 e. The number of nitrogens with one attached hydrogen (secondary N) is 1. The SMILES string of the molecule is Cc1c(Cl)cccc1NC(=O)CN1C(=O)[C@@H]2[C@@H]3CC[C@@H](C3)[C@@H]2C1=O. The van der Waals surface area contributed by atoms with Crippen molar-refractivity contribution >= 4 is 35.0 Å². The van der Waals surface area contributed by atoms with E-state index in [1.54, 1.807) is 18.2 Å². The summed E-state index contributed by atoms with van der Waals surface area (Å²) in [4.78, 5) is 38.7. The van der Waals surface area contributed by atoms with Crippen LogP contribution in [0, 0.1) is 30.6 Å². The quantitative estimate of drug-likeness (QED) is 0.855. The van der Waals surface area contributed by atoms with Crippen LogP contribution in [0.3, 0.4) is 0 Å². The van der Waals surface area contributed by atoms with E-state index in [1.807, 2.05) is 6.92 Å². The van der Waals surface area contributed by atoms with Gasteiger partial charge < -0.3 is 5.32 Å². The molecule has 2 aliphatic carbocycles. The van der Waals surface area contributed by atoms with Crippen molar-refractivity contribution in [2.45, 2.75) is 26.2 Å². The fourth-order valence-electron chi connectivity index (χ4n) is 4.70. The summed E-state index contributed by atoms with van der Waals surface area (Å²) in [6.07, 6.45) is 3.06. The third kappa shape index (κ3) is 2.25. The lowest BCUT2D eigenvalue weighted by Crippen LogP contribution is -2.39.